The number of carbonyl (C=O) groups excluding carboxylic acids is 1. The third-order valence-electron chi connectivity index (χ3n) is 4.87. The van der Waals surface area contributed by atoms with Gasteiger partial charge in [0.25, 0.3) is 11.6 Å². The number of methoxy groups -OCH3 is 2. The number of hydrogen-bond acceptors (Lipinski definition) is 8. The van der Waals surface area contributed by atoms with Crippen LogP contribution in [0.25, 0.3) is 16.3 Å². The van der Waals surface area contributed by atoms with Crippen LogP contribution in [0.15, 0.2) is 42.5 Å². The van der Waals surface area contributed by atoms with Crippen molar-refractivity contribution < 1.29 is 19.2 Å². The highest BCUT2D eigenvalue weighted by molar-refractivity contribution is 7.22. The van der Waals surface area contributed by atoms with Gasteiger partial charge in [0, 0.05) is 36.9 Å². The van der Waals surface area contributed by atoms with Crippen molar-refractivity contribution in [3.05, 3.63) is 58.2 Å². The van der Waals surface area contributed by atoms with E-state index in [9.17, 15) is 14.9 Å². The quantitative estimate of drug-likeness (QED) is 0.224. The highest BCUT2D eigenvalue weighted by atomic mass is 35.5. The van der Waals surface area contributed by atoms with Gasteiger partial charge in [-0.15, -0.1) is 12.4 Å². The minimum Gasteiger partial charge on any atom is -0.493 e. The molecule has 0 spiro atoms. The van der Waals surface area contributed by atoms with E-state index in [2.05, 4.69) is 9.88 Å². The van der Waals surface area contributed by atoms with Crippen LogP contribution in [0.2, 0.25) is 0 Å². The zero-order valence-electron chi connectivity index (χ0n) is 19.4. The molecule has 11 heteroatoms. The standard InChI is InChI=1S/C23H26N4O5S.ClH/c1-25(2)11-6-12-26(22(28)10-9-16-7-5-8-17(13-16)27(29)30)23-24-18-14-19(31-3)20(32-4)15-21(18)33-23;/h5,7-10,13-15H,6,11-12H2,1-4H3;1H. The molecule has 1 amide bonds. The lowest BCUT2D eigenvalue weighted by atomic mass is 10.2. The number of amides is 1. The molecule has 0 aliphatic heterocycles. The lowest BCUT2D eigenvalue weighted by molar-refractivity contribution is -0.384. The van der Waals surface area contributed by atoms with Crippen molar-refractivity contribution in [2.75, 3.05) is 46.3 Å². The molecule has 0 N–H and O–H groups in total. The van der Waals surface area contributed by atoms with Gasteiger partial charge in [-0.3, -0.25) is 19.8 Å². The van der Waals surface area contributed by atoms with E-state index >= 15 is 0 Å². The molecule has 3 rings (SSSR count). The summed E-state index contributed by atoms with van der Waals surface area (Å²) in [5.41, 5.74) is 1.26. The zero-order chi connectivity index (χ0) is 24.0. The van der Waals surface area contributed by atoms with Gasteiger partial charge in [0.15, 0.2) is 16.6 Å². The van der Waals surface area contributed by atoms with Crippen LogP contribution in [0.3, 0.4) is 0 Å². The fourth-order valence-electron chi connectivity index (χ4n) is 3.20. The maximum atomic E-state index is 13.1. The van der Waals surface area contributed by atoms with Gasteiger partial charge in [0.1, 0.15) is 0 Å². The van der Waals surface area contributed by atoms with Crippen LogP contribution in [0, 0.1) is 10.1 Å². The second-order valence-electron chi connectivity index (χ2n) is 7.50. The number of nitro groups is 1. The number of carbonyl (C=O) groups is 1. The highest BCUT2D eigenvalue weighted by Crippen LogP contribution is 2.37. The van der Waals surface area contributed by atoms with E-state index in [0.29, 0.717) is 34.3 Å². The third-order valence-corrected chi connectivity index (χ3v) is 5.91. The summed E-state index contributed by atoms with van der Waals surface area (Å²) in [6.45, 7) is 1.29. The molecule has 0 aliphatic carbocycles. The Bertz CT molecular complexity index is 1140. The van der Waals surface area contributed by atoms with E-state index in [4.69, 9.17) is 9.47 Å². The largest absolute Gasteiger partial charge is 0.493 e. The number of non-ortho nitro benzene ring substituents is 1. The molecule has 1 heterocycles. The molecule has 0 radical (unpaired) electrons. The van der Waals surface area contributed by atoms with Gasteiger partial charge >= 0.3 is 0 Å². The molecule has 2 aromatic carbocycles. The maximum Gasteiger partial charge on any atom is 0.270 e. The van der Waals surface area contributed by atoms with Gasteiger partial charge in [0.05, 0.1) is 29.4 Å². The maximum absolute atomic E-state index is 13.1. The molecule has 3 aromatic rings. The molecule has 0 aliphatic rings. The van der Waals surface area contributed by atoms with Crippen LogP contribution in [0.1, 0.15) is 12.0 Å². The van der Waals surface area contributed by atoms with Crippen LogP contribution >= 0.6 is 23.7 Å². The highest BCUT2D eigenvalue weighted by Gasteiger charge is 2.19. The van der Waals surface area contributed by atoms with Crippen molar-refractivity contribution >= 4 is 56.8 Å². The average molecular weight is 507 g/mol. The van der Waals surface area contributed by atoms with Crippen molar-refractivity contribution in [3.8, 4) is 11.5 Å². The average Bonchev–Trinajstić information content (AvgIpc) is 3.21. The second kappa shape index (κ2) is 12.3. The number of thiazole rings is 1. The van der Waals surface area contributed by atoms with Crippen LogP contribution in [0.5, 0.6) is 11.5 Å². The number of nitrogens with zero attached hydrogens (tertiary/aromatic N) is 4. The molecule has 0 unspecified atom stereocenters. The Kier molecular flexibility index (Phi) is 9.79. The Labute approximate surface area is 208 Å². The van der Waals surface area contributed by atoms with E-state index in [-0.39, 0.29) is 24.0 Å². The molecule has 182 valence electrons. The Morgan fingerprint density at radius 3 is 2.50 bits per heavy atom. The van der Waals surface area contributed by atoms with Crippen molar-refractivity contribution in [3.63, 3.8) is 0 Å². The van der Waals surface area contributed by atoms with E-state index in [1.807, 2.05) is 20.2 Å². The Morgan fingerprint density at radius 2 is 1.85 bits per heavy atom. The first-order chi connectivity index (χ1) is 15.8. The predicted molar refractivity (Wildman–Crippen MR) is 138 cm³/mol. The normalized spacial score (nSPS) is 11.0. The number of fused-ring (bicyclic) bond motifs is 1. The molecule has 0 fully saturated rings. The summed E-state index contributed by atoms with van der Waals surface area (Å²) in [6, 6.07) is 9.77. The van der Waals surface area contributed by atoms with Crippen LogP contribution in [-0.4, -0.2) is 62.1 Å². The number of anilines is 1. The SMILES string of the molecule is COc1cc2nc(N(CCCN(C)C)C(=O)C=Cc3cccc([N+](=O)[O-])c3)sc2cc1OC.Cl. The van der Waals surface area contributed by atoms with E-state index in [0.717, 1.165) is 17.7 Å². The Hall–Kier alpha value is -3.21. The van der Waals surface area contributed by atoms with E-state index < -0.39 is 4.92 Å². The predicted octanol–water partition coefficient (Wildman–Crippen LogP) is 4.64. The van der Waals surface area contributed by atoms with E-state index in [1.165, 1.54) is 29.5 Å². The van der Waals surface area contributed by atoms with Crippen molar-refractivity contribution in [2.45, 2.75) is 6.42 Å². The molecule has 0 saturated carbocycles. The molecule has 0 atom stereocenters. The smallest absolute Gasteiger partial charge is 0.270 e. The topological polar surface area (TPSA) is 98.0 Å². The van der Waals surface area contributed by atoms with Crippen LogP contribution in [0.4, 0.5) is 10.8 Å². The summed E-state index contributed by atoms with van der Waals surface area (Å²) in [7, 11) is 7.09. The first-order valence-electron chi connectivity index (χ1n) is 10.2. The first-order valence-corrected chi connectivity index (χ1v) is 11.1. The molecular formula is C23H27ClN4O5S. The van der Waals surface area contributed by atoms with Gasteiger partial charge < -0.3 is 14.4 Å². The van der Waals surface area contributed by atoms with Crippen molar-refractivity contribution in [1.82, 2.24) is 9.88 Å². The molecule has 0 saturated heterocycles. The molecule has 0 bridgehead atoms. The van der Waals surface area contributed by atoms with Gasteiger partial charge in [0.2, 0.25) is 0 Å². The summed E-state index contributed by atoms with van der Waals surface area (Å²) >= 11 is 1.39. The summed E-state index contributed by atoms with van der Waals surface area (Å²) < 4.78 is 11.6. The number of hydrogen-bond donors (Lipinski definition) is 0. The molecule has 9 nitrogen and oxygen atoms in total. The van der Waals surface area contributed by atoms with E-state index in [1.54, 1.807) is 43.4 Å². The monoisotopic (exact) mass is 506 g/mol. The second-order valence-corrected chi connectivity index (χ2v) is 8.51. The Morgan fingerprint density at radius 1 is 1.15 bits per heavy atom. The molecular weight excluding hydrogens is 480 g/mol. The lowest BCUT2D eigenvalue weighted by Gasteiger charge is -2.19. The van der Waals surface area contributed by atoms with Gasteiger partial charge in [-0.05, 0) is 38.7 Å². The summed E-state index contributed by atoms with van der Waals surface area (Å²) in [6.07, 6.45) is 3.75. The number of halogens is 1. The third kappa shape index (κ3) is 6.66. The number of aromatic nitrogens is 1. The van der Waals surface area contributed by atoms with Crippen LogP contribution < -0.4 is 14.4 Å². The van der Waals surface area contributed by atoms with Gasteiger partial charge in [-0.2, -0.15) is 0 Å². The first kappa shape index (κ1) is 27.0. The lowest BCUT2D eigenvalue weighted by Crippen LogP contribution is -2.32. The summed E-state index contributed by atoms with van der Waals surface area (Å²) in [5, 5.41) is 11.6. The summed E-state index contributed by atoms with van der Waals surface area (Å²) in [5.74, 6) is 0.910. The minimum absolute atomic E-state index is 0. The fraction of sp³-hybridized carbons (Fsp3) is 0.304. The zero-order valence-corrected chi connectivity index (χ0v) is 21.0. The van der Waals surface area contributed by atoms with Crippen LogP contribution in [-0.2, 0) is 4.79 Å². The molecule has 34 heavy (non-hydrogen) atoms. The fourth-order valence-corrected chi connectivity index (χ4v) is 4.21. The minimum atomic E-state index is -0.462. The van der Waals surface area contributed by atoms with Crippen molar-refractivity contribution in [2.24, 2.45) is 0 Å². The number of benzene rings is 2. The van der Waals surface area contributed by atoms with Crippen molar-refractivity contribution in [1.29, 1.82) is 0 Å². The number of ether oxygens (including phenoxy) is 2. The molecule has 1 aromatic heterocycles. The van der Waals surface area contributed by atoms with Gasteiger partial charge in [-0.25, -0.2) is 4.98 Å². The van der Waals surface area contributed by atoms with Gasteiger partial charge in [-0.1, -0.05) is 23.5 Å². The number of nitro benzene ring substituents is 1. The Balaban J connectivity index is 0.00000408. The number of rotatable bonds is 10. The summed E-state index contributed by atoms with van der Waals surface area (Å²) in [4.78, 5) is 32.0.